The molecule has 0 bridgehead atoms. The Morgan fingerprint density at radius 2 is 2.12 bits per heavy atom. The average molecular weight is 316 g/mol. The highest BCUT2D eigenvalue weighted by molar-refractivity contribution is 9.09. The summed E-state index contributed by atoms with van der Waals surface area (Å²) in [4.78, 5) is 13.2. The second-order valence-electron chi connectivity index (χ2n) is 4.44. The van der Waals surface area contributed by atoms with E-state index in [1.807, 2.05) is 0 Å². The number of hydrogen-bond acceptors (Lipinski definition) is 1. The van der Waals surface area contributed by atoms with E-state index in [9.17, 15) is 18.0 Å². The van der Waals surface area contributed by atoms with Crippen LogP contribution < -0.4 is 0 Å². The van der Waals surface area contributed by atoms with Gasteiger partial charge in [0, 0.05) is 24.8 Å². The van der Waals surface area contributed by atoms with Crippen molar-refractivity contribution in [1.29, 1.82) is 0 Å². The second-order valence-corrected chi connectivity index (χ2v) is 5.23. The summed E-state index contributed by atoms with van der Waals surface area (Å²) < 4.78 is 36.0. The van der Waals surface area contributed by atoms with E-state index in [2.05, 4.69) is 15.9 Å². The van der Waals surface area contributed by atoms with Crippen LogP contribution in [0.5, 0.6) is 0 Å². The molecule has 100 valence electrons. The summed E-state index contributed by atoms with van der Waals surface area (Å²) in [5, 5.41) is 0.877. The van der Waals surface area contributed by atoms with Gasteiger partial charge in [0.1, 0.15) is 0 Å². The van der Waals surface area contributed by atoms with Gasteiger partial charge in [-0.2, -0.15) is 13.2 Å². The second kappa shape index (κ2) is 6.61. The lowest BCUT2D eigenvalue weighted by Crippen LogP contribution is -2.40. The van der Waals surface area contributed by atoms with Crippen molar-refractivity contribution in [1.82, 2.24) is 4.90 Å². The standard InChI is InChI=1S/C11H17BrF3NO/c12-6-4-9-2-1-7-16(8-9)10(17)3-5-11(13,14)15/h9H,1-8H2. The highest BCUT2D eigenvalue weighted by atomic mass is 79.9. The van der Waals surface area contributed by atoms with E-state index in [1.165, 1.54) is 0 Å². The summed E-state index contributed by atoms with van der Waals surface area (Å²) in [5.74, 6) is 0.0690. The number of carbonyl (C=O) groups excluding carboxylic acids is 1. The first-order valence-corrected chi connectivity index (χ1v) is 6.95. The Morgan fingerprint density at radius 3 is 2.71 bits per heavy atom. The van der Waals surface area contributed by atoms with Gasteiger partial charge in [-0.05, 0) is 25.2 Å². The molecule has 17 heavy (non-hydrogen) atoms. The van der Waals surface area contributed by atoms with Gasteiger partial charge in [-0.15, -0.1) is 0 Å². The first-order valence-electron chi connectivity index (χ1n) is 5.83. The summed E-state index contributed by atoms with van der Waals surface area (Å²) >= 11 is 3.35. The van der Waals surface area contributed by atoms with E-state index in [0.29, 0.717) is 19.0 Å². The van der Waals surface area contributed by atoms with Gasteiger partial charge in [0.25, 0.3) is 0 Å². The number of amides is 1. The highest BCUT2D eigenvalue weighted by Crippen LogP contribution is 2.24. The maximum atomic E-state index is 12.0. The largest absolute Gasteiger partial charge is 0.389 e. The van der Waals surface area contributed by atoms with Crippen molar-refractivity contribution in [3.63, 3.8) is 0 Å². The Kier molecular flexibility index (Phi) is 5.76. The minimum absolute atomic E-state index is 0.360. The summed E-state index contributed by atoms with van der Waals surface area (Å²) in [6, 6.07) is 0. The van der Waals surface area contributed by atoms with Crippen LogP contribution in [0.15, 0.2) is 0 Å². The maximum absolute atomic E-state index is 12.0. The van der Waals surface area contributed by atoms with Gasteiger partial charge in [-0.25, -0.2) is 0 Å². The van der Waals surface area contributed by atoms with Crippen LogP contribution in [0.4, 0.5) is 13.2 Å². The molecule has 1 aliphatic heterocycles. The number of piperidine rings is 1. The molecule has 1 heterocycles. The molecule has 1 amide bonds. The van der Waals surface area contributed by atoms with Crippen LogP contribution in [0.3, 0.4) is 0 Å². The molecule has 6 heteroatoms. The lowest BCUT2D eigenvalue weighted by molar-refractivity contribution is -0.150. The van der Waals surface area contributed by atoms with Crippen LogP contribution in [0, 0.1) is 5.92 Å². The molecule has 1 fully saturated rings. The zero-order valence-corrected chi connectivity index (χ0v) is 11.2. The number of likely N-dealkylation sites (tertiary alicyclic amines) is 1. The number of carbonyl (C=O) groups is 1. The molecule has 1 rings (SSSR count). The van der Waals surface area contributed by atoms with Crippen LogP contribution in [-0.4, -0.2) is 35.4 Å². The molecule has 0 spiro atoms. The zero-order valence-electron chi connectivity index (χ0n) is 9.60. The Morgan fingerprint density at radius 1 is 1.41 bits per heavy atom. The summed E-state index contributed by atoms with van der Waals surface area (Å²) in [6.45, 7) is 1.22. The topological polar surface area (TPSA) is 20.3 Å². The Labute approximate surface area is 108 Å². The molecular weight excluding hydrogens is 299 g/mol. The van der Waals surface area contributed by atoms with Crippen molar-refractivity contribution < 1.29 is 18.0 Å². The molecule has 2 nitrogen and oxygen atoms in total. The summed E-state index contributed by atoms with van der Waals surface area (Å²) in [5.41, 5.74) is 0. The Hall–Kier alpha value is -0.260. The average Bonchev–Trinajstić information content (AvgIpc) is 2.26. The molecule has 0 N–H and O–H groups in total. The Balaban J connectivity index is 2.36. The fourth-order valence-electron chi connectivity index (χ4n) is 2.09. The molecule has 1 unspecified atom stereocenters. The van der Waals surface area contributed by atoms with Crippen LogP contribution in [-0.2, 0) is 4.79 Å². The van der Waals surface area contributed by atoms with Crippen molar-refractivity contribution in [3.8, 4) is 0 Å². The number of hydrogen-bond donors (Lipinski definition) is 0. The van der Waals surface area contributed by atoms with Crippen LogP contribution in [0.25, 0.3) is 0 Å². The summed E-state index contributed by atoms with van der Waals surface area (Å²) in [7, 11) is 0. The quantitative estimate of drug-likeness (QED) is 0.729. The van der Waals surface area contributed by atoms with E-state index >= 15 is 0 Å². The van der Waals surface area contributed by atoms with Crippen molar-refractivity contribution in [3.05, 3.63) is 0 Å². The van der Waals surface area contributed by atoms with Gasteiger partial charge in [-0.1, -0.05) is 15.9 Å². The maximum Gasteiger partial charge on any atom is 0.389 e. The molecular formula is C11H17BrF3NO. The molecule has 0 aromatic heterocycles. The lowest BCUT2D eigenvalue weighted by Gasteiger charge is -2.32. The predicted molar refractivity (Wildman–Crippen MR) is 63.0 cm³/mol. The SMILES string of the molecule is O=C(CCC(F)(F)F)N1CCCC(CCBr)C1. The van der Waals surface area contributed by atoms with Crippen molar-refractivity contribution >= 4 is 21.8 Å². The number of alkyl halides is 4. The van der Waals surface area contributed by atoms with Gasteiger partial charge < -0.3 is 4.90 Å². The monoisotopic (exact) mass is 315 g/mol. The molecule has 1 saturated heterocycles. The fraction of sp³-hybridized carbons (Fsp3) is 0.909. The molecule has 1 aliphatic rings. The van der Waals surface area contributed by atoms with Gasteiger partial charge in [-0.3, -0.25) is 4.79 Å². The molecule has 0 saturated carbocycles. The van der Waals surface area contributed by atoms with Crippen LogP contribution >= 0.6 is 15.9 Å². The minimum atomic E-state index is -4.24. The smallest absolute Gasteiger partial charge is 0.342 e. The minimum Gasteiger partial charge on any atom is -0.342 e. The Bertz CT molecular complexity index is 256. The molecule has 0 aliphatic carbocycles. The van der Waals surface area contributed by atoms with E-state index < -0.39 is 19.0 Å². The van der Waals surface area contributed by atoms with Gasteiger partial charge >= 0.3 is 6.18 Å². The molecule has 1 atom stereocenters. The van der Waals surface area contributed by atoms with E-state index in [4.69, 9.17) is 0 Å². The van der Waals surface area contributed by atoms with Gasteiger partial charge in [0.05, 0.1) is 6.42 Å². The first kappa shape index (κ1) is 14.8. The first-order chi connectivity index (χ1) is 7.92. The predicted octanol–water partition coefficient (Wildman–Crippen LogP) is 3.35. The molecule has 0 aromatic rings. The lowest BCUT2D eigenvalue weighted by atomic mass is 9.95. The molecule has 0 radical (unpaired) electrons. The van der Waals surface area contributed by atoms with E-state index in [1.54, 1.807) is 4.90 Å². The van der Waals surface area contributed by atoms with Crippen LogP contribution in [0.2, 0.25) is 0 Å². The van der Waals surface area contributed by atoms with Crippen molar-refractivity contribution in [2.75, 3.05) is 18.4 Å². The number of rotatable bonds is 4. The summed E-state index contributed by atoms with van der Waals surface area (Å²) in [6.07, 6.45) is -2.72. The fourth-order valence-corrected chi connectivity index (χ4v) is 2.74. The van der Waals surface area contributed by atoms with Gasteiger partial charge in [0.15, 0.2) is 0 Å². The highest BCUT2D eigenvalue weighted by Gasteiger charge is 2.30. The third-order valence-electron chi connectivity index (χ3n) is 3.01. The van der Waals surface area contributed by atoms with E-state index in [0.717, 1.165) is 24.6 Å². The van der Waals surface area contributed by atoms with Crippen molar-refractivity contribution in [2.24, 2.45) is 5.92 Å². The normalized spacial score (nSPS) is 21.6. The number of halogens is 4. The zero-order chi connectivity index (χ0) is 12.9. The van der Waals surface area contributed by atoms with E-state index in [-0.39, 0.29) is 5.91 Å². The third kappa shape index (κ3) is 5.75. The van der Waals surface area contributed by atoms with Crippen molar-refractivity contribution in [2.45, 2.75) is 38.3 Å². The van der Waals surface area contributed by atoms with Gasteiger partial charge in [0.2, 0.25) is 5.91 Å². The van der Waals surface area contributed by atoms with Crippen LogP contribution in [0.1, 0.15) is 32.1 Å². The number of nitrogens with zero attached hydrogens (tertiary/aromatic N) is 1. The molecule has 0 aromatic carbocycles. The third-order valence-corrected chi connectivity index (χ3v) is 3.47.